The van der Waals surface area contributed by atoms with Gasteiger partial charge in [-0.3, -0.25) is 4.79 Å². The van der Waals surface area contributed by atoms with Crippen LogP contribution in [0, 0.1) is 0 Å². The Morgan fingerprint density at radius 2 is 1.53 bits per heavy atom. The second-order valence-corrected chi connectivity index (χ2v) is 6.78. The number of aliphatic hydroxyl groups is 1. The van der Waals surface area contributed by atoms with E-state index < -0.39 is 30.1 Å². The Kier molecular flexibility index (Phi) is 9.33. The van der Waals surface area contributed by atoms with Crippen molar-refractivity contribution < 1.29 is 29.3 Å². The number of carbonyl (C=O) groups excluding carboxylic acids is 2. The Hall–Kier alpha value is -3.39. The lowest BCUT2D eigenvalue weighted by Gasteiger charge is -2.16. The summed E-state index contributed by atoms with van der Waals surface area (Å²) < 4.78 is 5.01. The number of ether oxygens (including phenoxy) is 1. The van der Waals surface area contributed by atoms with Crippen LogP contribution in [0.4, 0.5) is 4.79 Å². The van der Waals surface area contributed by atoms with E-state index in [1.54, 1.807) is 0 Å². The molecule has 0 saturated carbocycles. The summed E-state index contributed by atoms with van der Waals surface area (Å²) in [6.07, 6.45) is -1.50. The molecule has 8 nitrogen and oxygen atoms in total. The largest absolute Gasteiger partial charge is 0.480 e. The van der Waals surface area contributed by atoms with Gasteiger partial charge in [0.15, 0.2) is 0 Å². The second-order valence-electron chi connectivity index (χ2n) is 6.78. The van der Waals surface area contributed by atoms with E-state index in [2.05, 4.69) is 10.6 Å². The van der Waals surface area contributed by atoms with E-state index >= 15 is 0 Å². The molecule has 2 atom stereocenters. The zero-order chi connectivity index (χ0) is 21.8. The molecular weight excluding hydrogens is 388 g/mol. The minimum Gasteiger partial charge on any atom is -0.480 e. The summed E-state index contributed by atoms with van der Waals surface area (Å²) in [4.78, 5) is 35.1. The maximum atomic E-state index is 12.1. The van der Waals surface area contributed by atoms with Crippen LogP contribution in [0.25, 0.3) is 0 Å². The third-order valence-corrected chi connectivity index (χ3v) is 4.31. The second kappa shape index (κ2) is 12.2. The number of carbonyl (C=O) groups is 3. The highest BCUT2D eigenvalue weighted by atomic mass is 16.5. The van der Waals surface area contributed by atoms with E-state index in [1.165, 1.54) is 0 Å². The number of aliphatic carboxylic acids is 1. The lowest BCUT2D eigenvalue weighted by atomic mass is 10.0. The molecule has 0 fully saturated rings. The summed E-state index contributed by atoms with van der Waals surface area (Å²) in [6, 6.07) is 17.4. The van der Waals surface area contributed by atoms with Crippen LogP contribution in [0.5, 0.6) is 0 Å². The number of hydrogen-bond acceptors (Lipinski definition) is 5. The first-order valence-corrected chi connectivity index (χ1v) is 9.62. The van der Waals surface area contributed by atoms with Gasteiger partial charge in [-0.05, 0) is 24.0 Å². The maximum Gasteiger partial charge on any atom is 0.407 e. The number of carboxylic acid groups (broad SMARTS) is 1. The monoisotopic (exact) mass is 414 g/mol. The maximum absolute atomic E-state index is 12.1. The van der Waals surface area contributed by atoms with Crippen molar-refractivity contribution in [2.75, 3.05) is 6.54 Å². The van der Waals surface area contributed by atoms with Crippen molar-refractivity contribution in [1.29, 1.82) is 0 Å². The number of rotatable bonds is 11. The van der Waals surface area contributed by atoms with Crippen LogP contribution in [0.3, 0.4) is 0 Å². The van der Waals surface area contributed by atoms with Gasteiger partial charge in [0.25, 0.3) is 0 Å². The number of carboxylic acids is 1. The Balaban J connectivity index is 1.68. The lowest BCUT2D eigenvalue weighted by Crippen LogP contribution is -2.43. The number of nitrogens with one attached hydrogen (secondary N) is 2. The Morgan fingerprint density at radius 1 is 0.933 bits per heavy atom. The minimum atomic E-state index is -1.17. The summed E-state index contributed by atoms with van der Waals surface area (Å²) in [5.74, 6) is -1.75. The molecule has 0 bridgehead atoms. The van der Waals surface area contributed by atoms with Gasteiger partial charge in [0.2, 0.25) is 5.91 Å². The third-order valence-electron chi connectivity index (χ3n) is 4.31. The van der Waals surface area contributed by atoms with Crippen molar-refractivity contribution in [3.05, 3.63) is 71.8 Å². The third kappa shape index (κ3) is 8.74. The highest BCUT2D eigenvalue weighted by molar-refractivity contribution is 5.83. The molecule has 4 N–H and O–H groups in total. The number of aliphatic hydroxyl groups excluding tert-OH is 1. The highest BCUT2D eigenvalue weighted by Crippen LogP contribution is 2.06. The average Bonchev–Trinajstić information content (AvgIpc) is 2.75. The van der Waals surface area contributed by atoms with E-state index in [1.807, 2.05) is 60.7 Å². The van der Waals surface area contributed by atoms with Crippen LogP contribution < -0.4 is 10.6 Å². The molecule has 8 heteroatoms. The standard InChI is InChI=1S/C22H26N2O6/c25-18(14-23-22(29)30-15-17-9-5-2-6-10-17)13-20(26)24-19(21(27)28)12-11-16-7-3-1-4-8-16/h1-10,18-19,25H,11-15H2,(H,23,29)(H,24,26)(H,27,28)/t18-,19+/m1/s1. The number of benzene rings is 2. The van der Waals surface area contributed by atoms with E-state index in [0.717, 1.165) is 11.1 Å². The smallest absolute Gasteiger partial charge is 0.407 e. The van der Waals surface area contributed by atoms with Crippen LogP contribution in [0.2, 0.25) is 0 Å². The summed E-state index contributed by atoms with van der Waals surface area (Å²) in [6.45, 7) is -0.103. The molecule has 2 aromatic carbocycles. The predicted octanol–water partition coefficient (Wildman–Crippen LogP) is 1.87. The molecule has 0 aliphatic carbocycles. The Bertz CT molecular complexity index is 813. The molecule has 0 radical (unpaired) electrons. The normalized spacial score (nSPS) is 12.4. The van der Waals surface area contributed by atoms with E-state index in [9.17, 15) is 24.6 Å². The topological polar surface area (TPSA) is 125 Å². The molecule has 2 amide bonds. The number of aryl methyl sites for hydroxylation is 1. The molecule has 2 rings (SSSR count). The van der Waals surface area contributed by atoms with Crippen LogP contribution in [0.1, 0.15) is 24.0 Å². The van der Waals surface area contributed by atoms with Crippen molar-refractivity contribution in [1.82, 2.24) is 10.6 Å². The molecule has 2 aromatic rings. The number of alkyl carbamates (subject to hydrolysis) is 1. The first kappa shape index (κ1) is 22.9. The molecule has 0 aromatic heterocycles. The van der Waals surface area contributed by atoms with Gasteiger partial charge in [-0.2, -0.15) is 0 Å². The quantitative estimate of drug-likeness (QED) is 0.445. The summed E-state index contributed by atoms with van der Waals surface area (Å²) >= 11 is 0. The zero-order valence-corrected chi connectivity index (χ0v) is 16.5. The molecule has 0 aliphatic rings. The van der Waals surface area contributed by atoms with Crippen molar-refractivity contribution in [3.63, 3.8) is 0 Å². The summed E-state index contributed by atoms with van der Waals surface area (Å²) in [5, 5.41) is 24.0. The van der Waals surface area contributed by atoms with Crippen molar-refractivity contribution in [2.45, 2.75) is 38.0 Å². The number of amides is 2. The van der Waals surface area contributed by atoms with Gasteiger partial charge in [0, 0.05) is 6.54 Å². The van der Waals surface area contributed by atoms with E-state index in [0.29, 0.717) is 6.42 Å². The molecule has 0 heterocycles. The lowest BCUT2D eigenvalue weighted by molar-refractivity contribution is -0.142. The Labute approximate surface area is 174 Å². The van der Waals surface area contributed by atoms with E-state index in [-0.39, 0.29) is 26.0 Å². The van der Waals surface area contributed by atoms with Gasteiger partial charge in [0.05, 0.1) is 12.5 Å². The molecule has 30 heavy (non-hydrogen) atoms. The fourth-order valence-corrected chi connectivity index (χ4v) is 2.73. The Morgan fingerprint density at radius 3 is 2.13 bits per heavy atom. The molecule has 0 saturated heterocycles. The first-order chi connectivity index (χ1) is 14.4. The minimum absolute atomic E-state index is 0.0883. The fourth-order valence-electron chi connectivity index (χ4n) is 2.73. The van der Waals surface area contributed by atoms with Crippen molar-refractivity contribution in [2.24, 2.45) is 0 Å². The average molecular weight is 414 g/mol. The van der Waals surface area contributed by atoms with Gasteiger partial charge in [-0.15, -0.1) is 0 Å². The van der Waals surface area contributed by atoms with Gasteiger partial charge in [0.1, 0.15) is 12.6 Å². The molecule has 0 unspecified atom stereocenters. The molecule has 160 valence electrons. The first-order valence-electron chi connectivity index (χ1n) is 9.62. The molecule has 0 spiro atoms. The van der Waals surface area contributed by atoms with Crippen molar-refractivity contribution >= 4 is 18.0 Å². The fraction of sp³-hybridized carbons (Fsp3) is 0.318. The number of hydrogen-bond donors (Lipinski definition) is 4. The summed E-state index contributed by atoms with van der Waals surface area (Å²) in [5.41, 5.74) is 1.79. The van der Waals surface area contributed by atoms with Gasteiger partial charge in [-0.25, -0.2) is 9.59 Å². The SMILES string of the molecule is O=C(C[C@@H](O)CNC(=O)OCc1ccccc1)N[C@@H](CCc1ccccc1)C(=O)O. The zero-order valence-electron chi connectivity index (χ0n) is 16.5. The predicted molar refractivity (Wildman–Crippen MR) is 110 cm³/mol. The molecule has 0 aliphatic heterocycles. The van der Waals surface area contributed by atoms with Gasteiger partial charge >= 0.3 is 12.1 Å². The van der Waals surface area contributed by atoms with Crippen molar-refractivity contribution in [3.8, 4) is 0 Å². The highest BCUT2D eigenvalue weighted by Gasteiger charge is 2.21. The van der Waals surface area contributed by atoms with Crippen LogP contribution >= 0.6 is 0 Å². The van der Waals surface area contributed by atoms with Crippen LogP contribution in [0.15, 0.2) is 60.7 Å². The summed E-state index contributed by atoms with van der Waals surface area (Å²) in [7, 11) is 0. The van der Waals surface area contributed by atoms with Crippen LogP contribution in [-0.4, -0.2) is 46.9 Å². The van der Waals surface area contributed by atoms with E-state index in [4.69, 9.17) is 4.74 Å². The van der Waals surface area contributed by atoms with Gasteiger partial charge in [-0.1, -0.05) is 60.7 Å². The molecular formula is C22H26N2O6. The van der Waals surface area contributed by atoms with Gasteiger partial charge < -0.3 is 25.6 Å². The van der Waals surface area contributed by atoms with Crippen LogP contribution in [-0.2, 0) is 27.4 Å².